The maximum Gasteiger partial charge on any atom is 0.340 e. The fourth-order valence-corrected chi connectivity index (χ4v) is 1.53. The van der Waals surface area contributed by atoms with Crippen molar-refractivity contribution in [1.29, 1.82) is 0 Å². The molecule has 1 N–H and O–H groups in total. The van der Waals surface area contributed by atoms with Crippen LogP contribution in [0, 0.1) is 0 Å². The zero-order valence-electron chi connectivity index (χ0n) is 8.30. The summed E-state index contributed by atoms with van der Waals surface area (Å²) in [6.07, 6.45) is 1.36. The average molecular weight is 205 g/mol. The van der Waals surface area contributed by atoms with Crippen molar-refractivity contribution in [3.8, 4) is 0 Å². The van der Waals surface area contributed by atoms with Crippen LogP contribution in [-0.4, -0.2) is 22.5 Å². The van der Waals surface area contributed by atoms with Crippen molar-refractivity contribution in [2.45, 2.75) is 6.92 Å². The molecule has 0 bridgehead atoms. The van der Waals surface area contributed by atoms with Gasteiger partial charge < -0.3 is 9.94 Å². The summed E-state index contributed by atoms with van der Waals surface area (Å²) in [6.45, 7) is 2.07. The lowest BCUT2D eigenvalue weighted by Gasteiger charge is -1.98. The molecular formula is C11H11NO3. The van der Waals surface area contributed by atoms with Crippen LogP contribution in [0.4, 0.5) is 0 Å². The Kier molecular flexibility index (Phi) is 2.33. The predicted octanol–water partition coefficient (Wildman–Crippen LogP) is 2.06. The topological polar surface area (TPSA) is 51.5 Å². The third kappa shape index (κ3) is 1.54. The molecule has 0 saturated heterocycles. The normalized spacial score (nSPS) is 10.5. The van der Waals surface area contributed by atoms with E-state index in [1.165, 1.54) is 6.20 Å². The number of carbonyl (C=O) groups is 1. The molecule has 4 nitrogen and oxygen atoms in total. The minimum atomic E-state index is -0.415. The van der Waals surface area contributed by atoms with Crippen LogP contribution in [0.1, 0.15) is 17.3 Å². The first kappa shape index (κ1) is 9.58. The predicted molar refractivity (Wildman–Crippen MR) is 55.1 cm³/mol. The van der Waals surface area contributed by atoms with Gasteiger partial charge in [-0.1, -0.05) is 18.2 Å². The van der Waals surface area contributed by atoms with Gasteiger partial charge in [0.15, 0.2) is 0 Å². The van der Waals surface area contributed by atoms with Crippen LogP contribution in [0.5, 0.6) is 0 Å². The van der Waals surface area contributed by atoms with E-state index >= 15 is 0 Å². The van der Waals surface area contributed by atoms with Crippen molar-refractivity contribution >= 4 is 16.9 Å². The fourth-order valence-electron chi connectivity index (χ4n) is 1.53. The molecule has 1 heterocycles. The van der Waals surface area contributed by atoms with Gasteiger partial charge in [0.25, 0.3) is 0 Å². The fraction of sp³-hybridized carbons (Fsp3) is 0.182. The van der Waals surface area contributed by atoms with E-state index in [1.807, 2.05) is 6.07 Å². The molecule has 15 heavy (non-hydrogen) atoms. The summed E-state index contributed by atoms with van der Waals surface area (Å²) in [5, 5.41) is 10.2. The second kappa shape index (κ2) is 3.65. The van der Waals surface area contributed by atoms with Crippen LogP contribution in [0.25, 0.3) is 10.9 Å². The summed E-state index contributed by atoms with van der Waals surface area (Å²) in [5.74, 6) is -0.415. The average Bonchev–Trinajstić information content (AvgIpc) is 2.58. The smallest absolute Gasteiger partial charge is 0.340 e. The van der Waals surface area contributed by atoms with Crippen molar-refractivity contribution in [2.24, 2.45) is 0 Å². The highest BCUT2D eigenvalue weighted by molar-refractivity contribution is 6.04. The van der Waals surface area contributed by atoms with Gasteiger partial charge in [-0.15, -0.1) is 0 Å². The number of hydrogen-bond acceptors (Lipinski definition) is 3. The van der Waals surface area contributed by atoms with E-state index in [1.54, 1.807) is 25.1 Å². The summed E-state index contributed by atoms with van der Waals surface area (Å²) < 4.78 is 5.82. The van der Waals surface area contributed by atoms with Crippen LogP contribution in [-0.2, 0) is 4.74 Å². The second-order valence-electron chi connectivity index (χ2n) is 3.12. The SMILES string of the molecule is CCOC(=O)c1cn(O)c2ccccc12. The van der Waals surface area contributed by atoms with Gasteiger partial charge in [-0.25, -0.2) is 4.79 Å². The Hall–Kier alpha value is -1.97. The van der Waals surface area contributed by atoms with E-state index in [0.717, 1.165) is 4.73 Å². The second-order valence-corrected chi connectivity index (χ2v) is 3.12. The summed E-state index contributed by atoms with van der Waals surface area (Å²) >= 11 is 0. The van der Waals surface area contributed by atoms with E-state index in [2.05, 4.69) is 0 Å². The third-order valence-corrected chi connectivity index (χ3v) is 2.19. The highest BCUT2D eigenvalue weighted by Crippen LogP contribution is 2.20. The zero-order chi connectivity index (χ0) is 10.8. The molecule has 1 aromatic carbocycles. The Bertz CT molecular complexity index is 502. The molecule has 0 aliphatic rings. The molecular weight excluding hydrogens is 194 g/mol. The number of esters is 1. The van der Waals surface area contributed by atoms with Gasteiger partial charge in [0, 0.05) is 5.39 Å². The van der Waals surface area contributed by atoms with Crippen molar-refractivity contribution < 1.29 is 14.7 Å². The summed E-state index contributed by atoms with van der Waals surface area (Å²) in [7, 11) is 0. The van der Waals surface area contributed by atoms with E-state index in [4.69, 9.17) is 4.74 Å². The Morgan fingerprint density at radius 3 is 2.93 bits per heavy atom. The number of fused-ring (bicyclic) bond motifs is 1. The quantitative estimate of drug-likeness (QED) is 0.603. The minimum absolute atomic E-state index is 0.323. The Morgan fingerprint density at radius 2 is 2.20 bits per heavy atom. The number of hydrogen-bond donors (Lipinski definition) is 1. The number of nitrogens with zero attached hydrogens (tertiary/aromatic N) is 1. The summed E-state index contributed by atoms with van der Waals surface area (Å²) in [4.78, 5) is 11.5. The lowest BCUT2D eigenvalue weighted by atomic mass is 10.2. The molecule has 0 unspecified atom stereocenters. The summed E-state index contributed by atoms with van der Waals surface area (Å²) in [6, 6.07) is 7.11. The third-order valence-electron chi connectivity index (χ3n) is 2.19. The first-order valence-electron chi connectivity index (χ1n) is 4.70. The van der Waals surface area contributed by atoms with Gasteiger partial charge in [0.1, 0.15) is 0 Å². The molecule has 0 atom stereocenters. The lowest BCUT2D eigenvalue weighted by molar-refractivity contribution is 0.0526. The van der Waals surface area contributed by atoms with Crippen LogP contribution < -0.4 is 0 Å². The molecule has 0 fully saturated rings. The maximum atomic E-state index is 11.5. The molecule has 0 radical (unpaired) electrons. The van der Waals surface area contributed by atoms with Gasteiger partial charge in [0.2, 0.25) is 0 Å². The standard InChI is InChI=1S/C11H11NO3/c1-2-15-11(13)9-7-12(14)10-6-4-3-5-8(9)10/h3-7,14H,2H2,1H3. The monoisotopic (exact) mass is 205 g/mol. The number of rotatable bonds is 2. The first-order chi connectivity index (χ1) is 7.24. The van der Waals surface area contributed by atoms with Gasteiger partial charge in [0.05, 0.1) is 23.9 Å². The number of benzene rings is 1. The van der Waals surface area contributed by atoms with E-state index in [0.29, 0.717) is 23.1 Å². The van der Waals surface area contributed by atoms with Crippen LogP contribution >= 0.6 is 0 Å². The molecule has 2 aromatic rings. The maximum absolute atomic E-state index is 11.5. The largest absolute Gasteiger partial charge is 0.462 e. The van der Waals surface area contributed by atoms with Gasteiger partial charge in [-0.2, -0.15) is 4.73 Å². The Morgan fingerprint density at radius 1 is 1.47 bits per heavy atom. The molecule has 0 spiro atoms. The van der Waals surface area contributed by atoms with Gasteiger partial charge in [-0.3, -0.25) is 0 Å². The van der Waals surface area contributed by atoms with Crippen LogP contribution in [0.3, 0.4) is 0 Å². The molecule has 78 valence electrons. The van der Waals surface area contributed by atoms with Crippen molar-refractivity contribution in [3.05, 3.63) is 36.0 Å². The Balaban J connectivity index is 2.57. The highest BCUT2D eigenvalue weighted by Gasteiger charge is 2.14. The van der Waals surface area contributed by atoms with Crippen LogP contribution in [0.15, 0.2) is 30.5 Å². The number of carbonyl (C=O) groups excluding carboxylic acids is 1. The van der Waals surface area contributed by atoms with Gasteiger partial charge >= 0.3 is 5.97 Å². The molecule has 1 aromatic heterocycles. The Labute approximate surface area is 86.7 Å². The van der Waals surface area contributed by atoms with Crippen molar-refractivity contribution in [2.75, 3.05) is 6.61 Å². The lowest BCUT2D eigenvalue weighted by Crippen LogP contribution is -2.03. The highest BCUT2D eigenvalue weighted by atomic mass is 16.5. The van der Waals surface area contributed by atoms with E-state index in [9.17, 15) is 10.0 Å². The van der Waals surface area contributed by atoms with E-state index in [-0.39, 0.29) is 0 Å². The first-order valence-corrected chi connectivity index (χ1v) is 4.70. The zero-order valence-corrected chi connectivity index (χ0v) is 8.30. The number of ether oxygens (including phenoxy) is 1. The molecule has 0 aliphatic heterocycles. The summed E-state index contributed by atoms with van der Waals surface area (Å²) in [5.41, 5.74) is 0.982. The van der Waals surface area contributed by atoms with E-state index < -0.39 is 5.97 Å². The molecule has 4 heteroatoms. The number of aromatic nitrogens is 1. The van der Waals surface area contributed by atoms with Crippen molar-refractivity contribution in [3.63, 3.8) is 0 Å². The molecule has 0 aliphatic carbocycles. The minimum Gasteiger partial charge on any atom is -0.462 e. The molecule has 2 rings (SSSR count). The number of para-hydroxylation sites is 1. The molecule has 0 amide bonds. The van der Waals surface area contributed by atoms with Crippen molar-refractivity contribution in [1.82, 2.24) is 4.73 Å². The molecule has 0 saturated carbocycles. The van der Waals surface area contributed by atoms with Gasteiger partial charge in [-0.05, 0) is 13.0 Å². The van der Waals surface area contributed by atoms with Crippen LogP contribution in [0.2, 0.25) is 0 Å².